The van der Waals surface area contributed by atoms with Crippen LogP contribution >= 0.6 is 11.6 Å². The van der Waals surface area contributed by atoms with E-state index in [0.29, 0.717) is 44.8 Å². The van der Waals surface area contributed by atoms with Crippen LogP contribution in [-0.4, -0.2) is 33.4 Å². The third kappa shape index (κ3) is 4.09. The zero-order chi connectivity index (χ0) is 26.1. The SMILES string of the molecule is COc1nc(-c2cccc(-c3cccc(-c4c(C(N)=O)c(=O)n(C)c(=O)n4C)c3)c2Cl)ccc1C=O. The van der Waals surface area contributed by atoms with Crippen LogP contribution in [-0.2, 0) is 14.1 Å². The molecule has 2 aromatic heterocycles. The molecule has 9 nitrogen and oxygen atoms in total. The van der Waals surface area contributed by atoms with Gasteiger partial charge in [0.15, 0.2) is 6.29 Å². The fourth-order valence-corrected chi connectivity index (χ4v) is 4.38. The van der Waals surface area contributed by atoms with Gasteiger partial charge in [-0.15, -0.1) is 0 Å². The summed E-state index contributed by atoms with van der Waals surface area (Å²) in [5.74, 6) is -0.762. The van der Waals surface area contributed by atoms with Crippen LogP contribution in [0.3, 0.4) is 0 Å². The van der Waals surface area contributed by atoms with E-state index in [4.69, 9.17) is 22.1 Å². The maximum atomic E-state index is 12.7. The van der Waals surface area contributed by atoms with Gasteiger partial charge in [0.1, 0.15) is 5.56 Å². The molecule has 0 spiro atoms. The van der Waals surface area contributed by atoms with Gasteiger partial charge in [-0.2, -0.15) is 0 Å². The highest BCUT2D eigenvalue weighted by Gasteiger charge is 2.22. The molecule has 4 aromatic rings. The van der Waals surface area contributed by atoms with Crippen molar-refractivity contribution in [3.8, 4) is 39.5 Å². The Bertz CT molecular complexity index is 1660. The molecule has 1 amide bonds. The van der Waals surface area contributed by atoms with Gasteiger partial charge in [0.05, 0.1) is 29.1 Å². The standard InChI is InChI=1S/C26H21ClN4O5/c1-30-22(20(23(28)33)25(34)31(2)26(30)35)15-7-4-6-14(12-15)17-8-5-9-18(21(17)27)19-11-10-16(13-32)24(29-19)36-3/h4-13H,1-3H3,(H2,28,33). The molecule has 0 aliphatic heterocycles. The highest BCUT2D eigenvalue weighted by Crippen LogP contribution is 2.37. The van der Waals surface area contributed by atoms with Crippen LogP contribution in [0.5, 0.6) is 5.88 Å². The lowest BCUT2D eigenvalue weighted by atomic mass is 9.97. The Morgan fingerprint density at radius 3 is 2.33 bits per heavy atom. The number of carbonyl (C=O) groups is 2. The van der Waals surface area contributed by atoms with Gasteiger partial charge in [-0.25, -0.2) is 9.78 Å². The molecular formula is C26H21ClN4O5. The van der Waals surface area contributed by atoms with Crippen molar-refractivity contribution in [2.75, 3.05) is 7.11 Å². The first kappa shape index (κ1) is 24.6. The zero-order valence-corrected chi connectivity index (χ0v) is 20.4. The van der Waals surface area contributed by atoms with Crippen LogP contribution in [0, 0.1) is 0 Å². The predicted molar refractivity (Wildman–Crippen MR) is 136 cm³/mol. The number of pyridine rings is 1. The van der Waals surface area contributed by atoms with Crippen LogP contribution in [0.15, 0.2) is 64.2 Å². The number of hydrogen-bond donors (Lipinski definition) is 1. The van der Waals surface area contributed by atoms with Crippen molar-refractivity contribution in [1.29, 1.82) is 0 Å². The van der Waals surface area contributed by atoms with Gasteiger partial charge >= 0.3 is 5.69 Å². The molecule has 4 rings (SSSR count). The quantitative estimate of drug-likeness (QED) is 0.402. The van der Waals surface area contributed by atoms with Crippen molar-refractivity contribution in [1.82, 2.24) is 14.1 Å². The summed E-state index contributed by atoms with van der Waals surface area (Å²) in [6.07, 6.45) is 0.656. The second-order valence-electron chi connectivity index (χ2n) is 7.95. The van der Waals surface area contributed by atoms with E-state index < -0.39 is 17.2 Å². The Labute approximate surface area is 210 Å². The van der Waals surface area contributed by atoms with Crippen molar-refractivity contribution in [2.45, 2.75) is 0 Å². The first-order valence-electron chi connectivity index (χ1n) is 10.7. The summed E-state index contributed by atoms with van der Waals surface area (Å²) >= 11 is 6.80. The van der Waals surface area contributed by atoms with Gasteiger partial charge in [0.2, 0.25) is 5.88 Å². The van der Waals surface area contributed by atoms with Crippen LogP contribution < -0.4 is 21.7 Å². The first-order chi connectivity index (χ1) is 17.2. The number of methoxy groups -OCH3 is 1. The average Bonchev–Trinajstić information content (AvgIpc) is 2.88. The van der Waals surface area contributed by atoms with Crippen LogP contribution in [0.4, 0.5) is 0 Å². The first-order valence-corrected chi connectivity index (χ1v) is 11.1. The Morgan fingerprint density at radius 2 is 1.67 bits per heavy atom. The summed E-state index contributed by atoms with van der Waals surface area (Å²) in [4.78, 5) is 53.1. The average molecular weight is 505 g/mol. The minimum atomic E-state index is -0.939. The summed E-state index contributed by atoms with van der Waals surface area (Å²) in [7, 11) is 4.17. The molecule has 0 radical (unpaired) electrons. The molecule has 0 saturated carbocycles. The summed E-state index contributed by atoms with van der Waals surface area (Å²) in [6.45, 7) is 0. The van der Waals surface area contributed by atoms with E-state index in [1.165, 1.54) is 25.8 Å². The Hall–Kier alpha value is -4.50. The topological polar surface area (TPSA) is 126 Å². The van der Waals surface area contributed by atoms with Crippen molar-refractivity contribution in [3.05, 3.63) is 91.6 Å². The monoisotopic (exact) mass is 504 g/mol. The van der Waals surface area contributed by atoms with Gasteiger partial charge < -0.3 is 10.5 Å². The molecule has 0 bridgehead atoms. The Balaban J connectivity index is 1.91. The minimum absolute atomic E-state index is 0.112. The smallest absolute Gasteiger partial charge is 0.330 e. The molecule has 10 heteroatoms. The molecule has 36 heavy (non-hydrogen) atoms. The lowest BCUT2D eigenvalue weighted by molar-refractivity contribution is 0.0997. The normalized spacial score (nSPS) is 10.8. The van der Waals surface area contributed by atoms with E-state index in [9.17, 15) is 19.2 Å². The van der Waals surface area contributed by atoms with Gasteiger partial charge in [-0.1, -0.05) is 48.0 Å². The van der Waals surface area contributed by atoms with Crippen LogP contribution in [0.25, 0.3) is 33.6 Å². The van der Waals surface area contributed by atoms with Gasteiger partial charge in [0, 0.05) is 25.2 Å². The fraction of sp³-hybridized carbons (Fsp3) is 0.115. The number of primary amides is 1. The number of hydrogen-bond acceptors (Lipinski definition) is 6. The number of nitrogens with zero attached hydrogens (tertiary/aromatic N) is 3. The van der Waals surface area contributed by atoms with Crippen molar-refractivity contribution in [2.24, 2.45) is 19.8 Å². The van der Waals surface area contributed by atoms with E-state index in [2.05, 4.69) is 4.98 Å². The summed E-state index contributed by atoms with van der Waals surface area (Å²) in [6, 6.07) is 15.6. The third-order valence-electron chi connectivity index (χ3n) is 5.84. The lowest BCUT2D eigenvalue weighted by Crippen LogP contribution is -2.42. The number of aldehydes is 1. The fourth-order valence-electron chi connectivity index (χ4n) is 4.05. The predicted octanol–water partition coefficient (Wildman–Crippen LogP) is 3.05. The molecule has 0 aliphatic carbocycles. The molecule has 2 N–H and O–H groups in total. The molecule has 0 unspecified atom stereocenters. The molecule has 0 saturated heterocycles. The van der Waals surface area contributed by atoms with Gasteiger partial charge in [-0.05, 0) is 29.3 Å². The Kier molecular flexibility index (Phi) is 6.59. The highest BCUT2D eigenvalue weighted by atomic mass is 35.5. The zero-order valence-electron chi connectivity index (χ0n) is 19.6. The summed E-state index contributed by atoms with van der Waals surface area (Å²) in [5.41, 5.74) is 7.14. The lowest BCUT2D eigenvalue weighted by Gasteiger charge is -2.15. The maximum Gasteiger partial charge on any atom is 0.330 e. The molecular weight excluding hydrogens is 484 g/mol. The second-order valence-corrected chi connectivity index (χ2v) is 8.33. The number of carbonyl (C=O) groups excluding carboxylic acids is 2. The number of amides is 1. The molecule has 0 aliphatic rings. The number of nitrogens with two attached hydrogens (primary N) is 1. The van der Waals surface area contributed by atoms with Gasteiger partial charge in [0.25, 0.3) is 11.5 Å². The largest absolute Gasteiger partial charge is 0.480 e. The number of halogens is 1. The van der Waals surface area contributed by atoms with E-state index in [1.54, 1.807) is 54.6 Å². The molecule has 182 valence electrons. The van der Waals surface area contributed by atoms with Crippen molar-refractivity contribution < 1.29 is 14.3 Å². The van der Waals surface area contributed by atoms with Gasteiger partial charge in [-0.3, -0.25) is 23.5 Å². The summed E-state index contributed by atoms with van der Waals surface area (Å²) in [5, 5.41) is 0.385. The molecule has 2 aromatic carbocycles. The number of rotatable bonds is 6. The second kappa shape index (κ2) is 9.63. The number of ether oxygens (including phenoxy) is 1. The third-order valence-corrected chi connectivity index (χ3v) is 6.25. The molecule has 0 atom stereocenters. The number of aromatic nitrogens is 3. The highest BCUT2D eigenvalue weighted by molar-refractivity contribution is 6.36. The van der Waals surface area contributed by atoms with E-state index in [0.717, 1.165) is 4.57 Å². The Morgan fingerprint density at radius 1 is 1.00 bits per heavy atom. The van der Waals surface area contributed by atoms with Crippen molar-refractivity contribution >= 4 is 23.8 Å². The molecule has 0 fully saturated rings. The van der Waals surface area contributed by atoms with E-state index in [-0.39, 0.29) is 17.1 Å². The van der Waals surface area contributed by atoms with E-state index >= 15 is 0 Å². The minimum Gasteiger partial charge on any atom is -0.480 e. The van der Waals surface area contributed by atoms with Crippen LogP contribution in [0.2, 0.25) is 5.02 Å². The van der Waals surface area contributed by atoms with Crippen molar-refractivity contribution in [3.63, 3.8) is 0 Å². The summed E-state index contributed by atoms with van der Waals surface area (Å²) < 4.78 is 7.26. The van der Waals surface area contributed by atoms with Crippen LogP contribution in [0.1, 0.15) is 20.7 Å². The molecule has 2 heterocycles. The number of benzene rings is 2. The van der Waals surface area contributed by atoms with E-state index in [1.807, 2.05) is 0 Å². The maximum absolute atomic E-state index is 12.7.